The molecule has 0 radical (unpaired) electrons. The van der Waals surface area contributed by atoms with Crippen LogP contribution >= 0.6 is 11.8 Å². The Balaban J connectivity index is 1.42. The summed E-state index contributed by atoms with van der Waals surface area (Å²) in [6, 6.07) is 9.97. The van der Waals surface area contributed by atoms with E-state index in [1.54, 1.807) is 16.5 Å². The van der Waals surface area contributed by atoms with Crippen molar-refractivity contribution in [2.45, 2.75) is 37.5 Å². The van der Waals surface area contributed by atoms with Crippen LogP contribution in [0.4, 0.5) is 4.79 Å². The lowest BCUT2D eigenvalue weighted by molar-refractivity contribution is -0.119. The standard InChI is InChI=1S/C18H24N6O3S/c1-2-27-18(26)23-10-8-15(9-11-23)19-16(25)13-28-17-20-21-22-24(17)12-14-6-4-3-5-7-14/h3-7,15H,2,8-13H2,1H3,(H,19,25). The molecule has 1 N–H and O–H groups in total. The van der Waals surface area contributed by atoms with Crippen LogP contribution in [-0.2, 0) is 16.1 Å². The highest BCUT2D eigenvalue weighted by atomic mass is 32.2. The molecule has 1 aromatic carbocycles. The van der Waals surface area contributed by atoms with E-state index in [-0.39, 0.29) is 23.8 Å². The van der Waals surface area contributed by atoms with Crippen molar-refractivity contribution in [1.82, 2.24) is 30.4 Å². The van der Waals surface area contributed by atoms with Gasteiger partial charge >= 0.3 is 6.09 Å². The highest BCUT2D eigenvalue weighted by molar-refractivity contribution is 7.99. The number of nitrogens with one attached hydrogen (secondary N) is 1. The van der Waals surface area contributed by atoms with Gasteiger partial charge in [0.25, 0.3) is 0 Å². The van der Waals surface area contributed by atoms with Gasteiger partial charge in [0.1, 0.15) is 0 Å². The molecule has 0 atom stereocenters. The first kappa shape index (κ1) is 20.1. The number of nitrogens with zero attached hydrogens (tertiary/aromatic N) is 5. The maximum Gasteiger partial charge on any atom is 0.409 e. The predicted octanol–water partition coefficient (Wildman–Crippen LogP) is 1.55. The molecule has 2 heterocycles. The van der Waals surface area contributed by atoms with Gasteiger partial charge in [-0.2, -0.15) is 0 Å². The third-order valence-electron chi connectivity index (χ3n) is 4.39. The molecule has 10 heteroatoms. The summed E-state index contributed by atoms with van der Waals surface area (Å²) >= 11 is 1.31. The monoisotopic (exact) mass is 404 g/mol. The molecule has 1 saturated heterocycles. The van der Waals surface area contributed by atoms with Crippen molar-refractivity contribution in [3.63, 3.8) is 0 Å². The van der Waals surface area contributed by atoms with Gasteiger partial charge in [0.05, 0.1) is 18.9 Å². The van der Waals surface area contributed by atoms with E-state index in [0.717, 1.165) is 18.4 Å². The number of rotatable bonds is 7. The normalized spacial score (nSPS) is 14.7. The SMILES string of the molecule is CCOC(=O)N1CCC(NC(=O)CSc2nnnn2Cc2ccccc2)CC1. The van der Waals surface area contributed by atoms with E-state index in [4.69, 9.17) is 4.74 Å². The van der Waals surface area contributed by atoms with Crippen molar-refractivity contribution in [2.75, 3.05) is 25.4 Å². The van der Waals surface area contributed by atoms with Crippen LogP contribution in [0.5, 0.6) is 0 Å². The molecular weight excluding hydrogens is 380 g/mol. The molecule has 0 unspecified atom stereocenters. The number of amides is 2. The third kappa shape index (κ3) is 5.69. The van der Waals surface area contributed by atoms with Crippen LogP contribution in [0.3, 0.4) is 0 Å². The number of likely N-dealkylation sites (tertiary alicyclic amines) is 1. The van der Waals surface area contributed by atoms with Crippen LogP contribution in [0.25, 0.3) is 0 Å². The Morgan fingerprint density at radius 2 is 2.00 bits per heavy atom. The Morgan fingerprint density at radius 3 is 2.71 bits per heavy atom. The van der Waals surface area contributed by atoms with Crippen LogP contribution < -0.4 is 5.32 Å². The first-order valence-corrected chi connectivity index (χ1v) is 10.3. The number of hydrogen-bond donors (Lipinski definition) is 1. The fourth-order valence-corrected chi connectivity index (χ4v) is 3.66. The van der Waals surface area contributed by atoms with E-state index in [1.807, 2.05) is 30.3 Å². The largest absolute Gasteiger partial charge is 0.450 e. The van der Waals surface area contributed by atoms with E-state index >= 15 is 0 Å². The number of hydrogen-bond acceptors (Lipinski definition) is 7. The lowest BCUT2D eigenvalue weighted by atomic mass is 10.1. The van der Waals surface area contributed by atoms with Gasteiger partial charge in [-0.15, -0.1) is 5.10 Å². The van der Waals surface area contributed by atoms with E-state index < -0.39 is 0 Å². The lowest BCUT2D eigenvalue weighted by Crippen LogP contribution is -2.47. The van der Waals surface area contributed by atoms with Gasteiger partial charge in [0.2, 0.25) is 11.1 Å². The van der Waals surface area contributed by atoms with Crippen molar-refractivity contribution >= 4 is 23.8 Å². The molecule has 2 amide bonds. The lowest BCUT2D eigenvalue weighted by Gasteiger charge is -2.31. The summed E-state index contributed by atoms with van der Waals surface area (Å²) in [5, 5.41) is 15.3. The molecule has 0 aliphatic carbocycles. The maximum absolute atomic E-state index is 12.3. The molecule has 28 heavy (non-hydrogen) atoms. The van der Waals surface area contributed by atoms with Crippen molar-refractivity contribution in [3.05, 3.63) is 35.9 Å². The van der Waals surface area contributed by atoms with Crippen LogP contribution in [0.1, 0.15) is 25.3 Å². The number of piperidine rings is 1. The number of carbonyl (C=O) groups excluding carboxylic acids is 2. The smallest absolute Gasteiger partial charge is 0.409 e. The summed E-state index contributed by atoms with van der Waals surface area (Å²) in [5.74, 6) is 0.182. The van der Waals surface area contributed by atoms with E-state index in [1.165, 1.54) is 11.8 Å². The highest BCUT2D eigenvalue weighted by Gasteiger charge is 2.24. The number of benzene rings is 1. The summed E-state index contributed by atoms with van der Waals surface area (Å²) in [5.41, 5.74) is 1.09. The number of tetrazole rings is 1. The van der Waals surface area contributed by atoms with Crippen molar-refractivity contribution in [3.8, 4) is 0 Å². The Kier molecular flexibility index (Phi) is 7.24. The minimum Gasteiger partial charge on any atom is -0.450 e. The maximum atomic E-state index is 12.3. The van der Waals surface area contributed by atoms with E-state index in [9.17, 15) is 9.59 Å². The van der Waals surface area contributed by atoms with E-state index in [2.05, 4.69) is 20.8 Å². The second-order valence-electron chi connectivity index (χ2n) is 6.42. The van der Waals surface area contributed by atoms with Crippen molar-refractivity contribution < 1.29 is 14.3 Å². The van der Waals surface area contributed by atoms with Crippen LogP contribution in [0.15, 0.2) is 35.5 Å². The number of aromatic nitrogens is 4. The number of ether oxygens (including phenoxy) is 1. The van der Waals surface area contributed by atoms with Gasteiger partial charge in [0.15, 0.2) is 0 Å². The molecule has 1 aromatic heterocycles. The fourth-order valence-electron chi connectivity index (χ4n) is 2.98. The second-order valence-corrected chi connectivity index (χ2v) is 7.36. The number of carbonyl (C=O) groups is 2. The van der Waals surface area contributed by atoms with Gasteiger partial charge in [-0.05, 0) is 35.8 Å². The van der Waals surface area contributed by atoms with E-state index in [0.29, 0.717) is 31.4 Å². The van der Waals surface area contributed by atoms with Gasteiger partial charge in [0, 0.05) is 19.1 Å². The van der Waals surface area contributed by atoms with Gasteiger partial charge < -0.3 is 15.0 Å². The molecule has 2 aromatic rings. The van der Waals surface area contributed by atoms with Crippen molar-refractivity contribution in [1.29, 1.82) is 0 Å². The molecule has 3 rings (SSSR count). The molecule has 9 nitrogen and oxygen atoms in total. The molecule has 1 fully saturated rings. The Bertz CT molecular complexity index is 777. The summed E-state index contributed by atoms with van der Waals surface area (Å²) in [4.78, 5) is 25.7. The molecular formula is C18H24N6O3S. The zero-order valence-electron chi connectivity index (χ0n) is 15.8. The number of thioether (sulfide) groups is 1. The average molecular weight is 404 g/mol. The molecule has 1 aliphatic heterocycles. The quantitative estimate of drug-likeness (QED) is 0.699. The topological polar surface area (TPSA) is 102 Å². The second kappa shape index (κ2) is 10.1. The molecule has 150 valence electrons. The molecule has 1 aliphatic rings. The third-order valence-corrected chi connectivity index (χ3v) is 5.35. The van der Waals surface area contributed by atoms with Gasteiger partial charge in [-0.1, -0.05) is 42.1 Å². The van der Waals surface area contributed by atoms with Crippen LogP contribution in [0.2, 0.25) is 0 Å². The zero-order chi connectivity index (χ0) is 19.8. The first-order chi connectivity index (χ1) is 13.7. The predicted molar refractivity (Wildman–Crippen MR) is 104 cm³/mol. The summed E-state index contributed by atoms with van der Waals surface area (Å²) in [6.07, 6.45) is 1.16. The Labute approximate surface area is 167 Å². The van der Waals surface area contributed by atoms with Crippen LogP contribution in [0, 0.1) is 0 Å². The highest BCUT2D eigenvalue weighted by Crippen LogP contribution is 2.16. The Hall–Kier alpha value is -2.62. The molecule has 0 bridgehead atoms. The Morgan fingerprint density at radius 1 is 1.25 bits per heavy atom. The van der Waals surface area contributed by atoms with Crippen molar-refractivity contribution in [2.24, 2.45) is 0 Å². The average Bonchev–Trinajstić information content (AvgIpc) is 3.15. The fraction of sp³-hybridized carbons (Fsp3) is 0.500. The zero-order valence-corrected chi connectivity index (χ0v) is 16.6. The molecule has 0 spiro atoms. The van der Waals surface area contributed by atoms with Crippen LogP contribution in [-0.4, -0.2) is 68.6 Å². The minimum atomic E-state index is -0.284. The summed E-state index contributed by atoms with van der Waals surface area (Å²) in [6.45, 7) is 3.90. The first-order valence-electron chi connectivity index (χ1n) is 9.29. The van der Waals surface area contributed by atoms with Gasteiger partial charge in [-0.3, -0.25) is 4.79 Å². The minimum absolute atomic E-state index is 0.0613. The summed E-state index contributed by atoms with van der Waals surface area (Å²) in [7, 11) is 0. The molecule has 0 saturated carbocycles. The summed E-state index contributed by atoms with van der Waals surface area (Å²) < 4.78 is 6.69. The van der Waals surface area contributed by atoms with Gasteiger partial charge in [-0.25, -0.2) is 9.48 Å².